The summed E-state index contributed by atoms with van der Waals surface area (Å²) in [6, 6.07) is 10.0. The summed E-state index contributed by atoms with van der Waals surface area (Å²) in [5.74, 6) is 2.40. The summed E-state index contributed by atoms with van der Waals surface area (Å²) in [4.78, 5) is 22.7. The van der Waals surface area contributed by atoms with Crippen molar-refractivity contribution in [2.24, 2.45) is 17.8 Å². The number of ether oxygens (including phenoxy) is 1. The second-order valence-electron chi connectivity index (χ2n) is 14.4. The van der Waals surface area contributed by atoms with Gasteiger partial charge in [0.05, 0.1) is 24.3 Å². The number of morpholine rings is 1. The first-order valence-electron chi connectivity index (χ1n) is 16.6. The van der Waals surface area contributed by atoms with E-state index in [0.29, 0.717) is 11.8 Å². The first kappa shape index (κ1) is 28.6. The molecule has 5 heteroatoms. The molecule has 0 amide bonds. The maximum Gasteiger partial charge on any atom is 0.166 e. The van der Waals surface area contributed by atoms with E-state index >= 15 is 0 Å². The van der Waals surface area contributed by atoms with Gasteiger partial charge in [0, 0.05) is 29.4 Å². The Morgan fingerprint density at radius 2 is 1.69 bits per heavy atom. The Balaban J connectivity index is 1.17. The van der Waals surface area contributed by atoms with Crippen LogP contribution in [0.5, 0.6) is 0 Å². The molecular formula is C37H48N2O2S. The van der Waals surface area contributed by atoms with Crippen LogP contribution in [0.25, 0.3) is 21.5 Å². The molecule has 3 aromatic rings. The number of aromatic nitrogens is 1. The second-order valence-corrected chi connectivity index (χ2v) is 15.5. The fourth-order valence-electron chi connectivity index (χ4n) is 8.68. The number of hydrogen-bond acceptors (Lipinski definition) is 4. The Hall–Kier alpha value is -2.21. The summed E-state index contributed by atoms with van der Waals surface area (Å²) < 4.78 is 5.61. The van der Waals surface area contributed by atoms with E-state index in [1.54, 1.807) is 11.3 Å². The van der Waals surface area contributed by atoms with Crippen molar-refractivity contribution in [3.63, 3.8) is 0 Å². The minimum absolute atomic E-state index is 0.288. The highest BCUT2D eigenvalue weighted by Gasteiger charge is 2.39. The number of fused-ring (bicyclic) bond motifs is 3. The third-order valence-corrected chi connectivity index (χ3v) is 12.6. The predicted octanol–water partition coefficient (Wildman–Crippen LogP) is 8.54. The summed E-state index contributed by atoms with van der Waals surface area (Å²) in [6.07, 6.45) is 13.5. The lowest BCUT2D eigenvalue weighted by Crippen LogP contribution is -2.42. The van der Waals surface area contributed by atoms with Crippen molar-refractivity contribution >= 4 is 27.3 Å². The fraction of sp³-hybridized carbons (Fsp3) is 0.595. The average molecular weight is 585 g/mol. The van der Waals surface area contributed by atoms with Gasteiger partial charge in [-0.15, -0.1) is 11.3 Å². The molecule has 0 spiro atoms. The number of aromatic amines is 1. The van der Waals surface area contributed by atoms with E-state index in [9.17, 15) is 4.79 Å². The monoisotopic (exact) mass is 584 g/mol. The number of ketones is 1. The van der Waals surface area contributed by atoms with Gasteiger partial charge in [-0.1, -0.05) is 22.8 Å². The van der Waals surface area contributed by atoms with E-state index in [-0.39, 0.29) is 5.78 Å². The molecular weight excluding hydrogens is 536 g/mol. The summed E-state index contributed by atoms with van der Waals surface area (Å²) in [6.45, 7) is 12.6. The van der Waals surface area contributed by atoms with Crippen LogP contribution in [0.1, 0.15) is 86.8 Å². The molecule has 2 unspecified atom stereocenters. The largest absolute Gasteiger partial charge is 0.379 e. The highest BCUT2D eigenvalue weighted by Crippen LogP contribution is 2.49. The van der Waals surface area contributed by atoms with Crippen LogP contribution in [0, 0.1) is 31.6 Å². The standard InChI is InChI=1S/C37H48N2O2S/c1-23-17-24(2)19-28(18-23)35-30(12-6-25-5-11-29(20-25)39-13-15-41-16-14-39)32-22-34(42-36(32)38-35)37(3,4)33(40)21-31-26-7-8-27(31)10-9-26/h17-19,21-22,25-27,29,38H,5-16,20H2,1-4H3. The number of carbonyl (C=O) groups is 1. The summed E-state index contributed by atoms with van der Waals surface area (Å²) in [7, 11) is 0. The molecule has 1 saturated heterocycles. The van der Waals surface area contributed by atoms with E-state index in [1.165, 1.54) is 100.0 Å². The van der Waals surface area contributed by atoms with Gasteiger partial charge in [0.2, 0.25) is 0 Å². The van der Waals surface area contributed by atoms with E-state index in [0.717, 1.165) is 44.7 Å². The van der Waals surface area contributed by atoms with Gasteiger partial charge < -0.3 is 9.72 Å². The fourth-order valence-corrected chi connectivity index (χ4v) is 9.88. The summed E-state index contributed by atoms with van der Waals surface area (Å²) in [5, 5.41) is 1.33. The lowest BCUT2D eigenvalue weighted by atomic mass is 9.84. The maximum absolute atomic E-state index is 13.8. The van der Waals surface area contributed by atoms with Crippen LogP contribution in [0.4, 0.5) is 0 Å². The van der Waals surface area contributed by atoms with Crippen molar-refractivity contribution in [2.45, 2.75) is 96.9 Å². The molecule has 3 saturated carbocycles. The molecule has 4 fully saturated rings. The van der Waals surface area contributed by atoms with Crippen LogP contribution in [-0.4, -0.2) is 48.0 Å². The molecule has 1 aromatic carbocycles. The average Bonchev–Trinajstić information content (AvgIpc) is 3.80. The number of nitrogens with zero attached hydrogens (tertiary/aromatic N) is 1. The Bertz CT molecular complexity index is 1460. The Labute approximate surface area is 255 Å². The third kappa shape index (κ3) is 5.35. The van der Waals surface area contributed by atoms with Crippen molar-refractivity contribution in [1.29, 1.82) is 0 Å². The van der Waals surface area contributed by atoms with Crippen molar-refractivity contribution < 1.29 is 9.53 Å². The van der Waals surface area contributed by atoms with Gasteiger partial charge in [-0.2, -0.15) is 0 Å². The molecule has 4 nitrogen and oxygen atoms in total. The van der Waals surface area contributed by atoms with Crippen LogP contribution in [-0.2, 0) is 21.4 Å². The van der Waals surface area contributed by atoms with Crippen LogP contribution < -0.4 is 0 Å². The normalized spacial score (nSPS) is 26.5. The van der Waals surface area contributed by atoms with Gasteiger partial charge in [0.15, 0.2) is 5.78 Å². The van der Waals surface area contributed by atoms with Crippen LogP contribution in [0.15, 0.2) is 35.9 Å². The molecule has 1 N–H and O–H groups in total. The van der Waals surface area contributed by atoms with Crippen LogP contribution in [0.2, 0.25) is 0 Å². The van der Waals surface area contributed by atoms with E-state index < -0.39 is 5.41 Å². The molecule has 7 rings (SSSR count). The van der Waals surface area contributed by atoms with Gasteiger partial charge in [-0.05, 0) is 139 Å². The lowest BCUT2D eigenvalue weighted by Gasteiger charge is -2.32. The third-order valence-electron chi connectivity index (χ3n) is 11.2. The Morgan fingerprint density at radius 3 is 2.38 bits per heavy atom. The van der Waals surface area contributed by atoms with Crippen molar-refractivity contribution in [3.05, 3.63) is 57.5 Å². The highest BCUT2D eigenvalue weighted by molar-refractivity contribution is 7.19. The number of carbonyl (C=O) groups excluding carboxylic acids is 1. The molecule has 2 bridgehead atoms. The van der Waals surface area contributed by atoms with Crippen LogP contribution in [0.3, 0.4) is 0 Å². The zero-order chi connectivity index (χ0) is 29.0. The number of aryl methyl sites for hydroxylation is 3. The number of allylic oxidation sites excluding steroid dienone is 2. The van der Waals surface area contributed by atoms with Gasteiger partial charge in [-0.3, -0.25) is 9.69 Å². The molecule has 224 valence electrons. The number of benzene rings is 1. The van der Waals surface area contributed by atoms with Crippen LogP contribution >= 0.6 is 11.3 Å². The number of nitrogens with one attached hydrogen (secondary N) is 1. The number of hydrogen-bond donors (Lipinski definition) is 1. The topological polar surface area (TPSA) is 45.3 Å². The van der Waals surface area contributed by atoms with Crippen molar-refractivity contribution in [1.82, 2.24) is 9.88 Å². The van der Waals surface area contributed by atoms with Crippen molar-refractivity contribution in [3.8, 4) is 11.3 Å². The molecule has 3 aliphatic carbocycles. The maximum atomic E-state index is 13.8. The Morgan fingerprint density at radius 1 is 1.00 bits per heavy atom. The molecule has 42 heavy (non-hydrogen) atoms. The molecule has 2 atom stereocenters. The van der Waals surface area contributed by atoms with Crippen molar-refractivity contribution in [2.75, 3.05) is 26.3 Å². The molecule has 3 heterocycles. The zero-order valence-corrected chi connectivity index (χ0v) is 26.9. The number of H-pyrrole nitrogens is 1. The van der Waals surface area contributed by atoms with E-state index in [1.807, 2.05) is 0 Å². The zero-order valence-electron chi connectivity index (χ0n) is 26.1. The molecule has 0 radical (unpaired) electrons. The SMILES string of the molecule is Cc1cc(C)cc(-c2[nH]c3sc(C(C)(C)C(=O)C=C4C5CCC4CC5)cc3c2CCC2CCC(N3CCOCC3)C2)c1. The molecule has 1 aliphatic heterocycles. The van der Waals surface area contributed by atoms with Gasteiger partial charge >= 0.3 is 0 Å². The quantitative estimate of drug-likeness (QED) is 0.270. The highest BCUT2D eigenvalue weighted by atomic mass is 32.1. The summed E-state index contributed by atoms with van der Waals surface area (Å²) >= 11 is 1.80. The first-order chi connectivity index (χ1) is 20.3. The first-order valence-corrected chi connectivity index (χ1v) is 17.4. The lowest BCUT2D eigenvalue weighted by molar-refractivity contribution is -0.118. The van der Waals surface area contributed by atoms with Gasteiger partial charge in [0.1, 0.15) is 4.83 Å². The second kappa shape index (κ2) is 11.4. The Kier molecular flexibility index (Phi) is 7.73. The molecule has 4 aliphatic rings. The molecule has 2 aromatic heterocycles. The predicted molar refractivity (Wildman–Crippen MR) is 174 cm³/mol. The summed E-state index contributed by atoms with van der Waals surface area (Å²) in [5.41, 5.74) is 7.59. The van der Waals surface area contributed by atoms with E-state index in [4.69, 9.17) is 4.74 Å². The minimum atomic E-state index is -0.506. The number of thiophene rings is 1. The smallest absolute Gasteiger partial charge is 0.166 e. The van der Waals surface area contributed by atoms with Gasteiger partial charge in [-0.25, -0.2) is 0 Å². The van der Waals surface area contributed by atoms with Gasteiger partial charge in [0.25, 0.3) is 0 Å². The number of rotatable bonds is 8. The minimum Gasteiger partial charge on any atom is -0.379 e. The van der Waals surface area contributed by atoms with E-state index in [2.05, 4.69) is 67.9 Å².